The standard InChI is InChI=1S/C20H15F4N3O2/c1-11-8-15(6-7-16(11)21)27-10-13(9-17(27)28)18-25-19(29-26-18)12-2-4-14(5-3-12)20(22,23)24/h2-8,13H,9-10H2,1H3. The predicted molar refractivity (Wildman–Crippen MR) is 95.6 cm³/mol. The summed E-state index contributed by atoms with van der Waals surface area (Å²) in [6.45, 7) is 1.92. The minimum atomic E-state index is -4.43. The molecule has 1 saturated heterocycles. The molecule has 0 radical (unpaired) electrons. The van der Waals surface area contributed by atoms with Crippen molar-refractivity contribution in [1.29, 1.82) is 0 Å². The van der Waals surface area contributed by atoms with Crippen molar-refractivity contribution in [2.75, 3.05) is 11.4 Å². The summed E-state index contributed by atoms with van der Waals surface area (Å²) in [4.78, 5) is 18.2. The number of rotatable bonds is 3. The molecule has 0 spiro atoms. The number of hydrogen-bond acceptors (Lipinski definition) is 4. The van der Waals surface area contributed by atoms with Crippen LogP contribution >= 0.6 is 0 Å². The van der Waals surface area contributed by atoms with Crippen LogP contribution in [0.1, 0.15) is 29.3 Å². The first-order valence-corrected chi connectivity index (χ1v) is 8.80. The number of hydrogen-bond donors (Lipinski definition) is 0. The molecule has 0 bridgehead atoms. The van der Waals surface area contributed by atoms with Crippen molar-refractivity contribution in [2.45, 2.75) is 25.4 Å². The molecular formula is C20H15F4N3O2. The molecule has 1 aromatic heterocycles. The summed E-state index contributed by atoms with van der Waals surface area (Å²) in [6, 6.07) is 8.84. The number of aryl methyl sites for hydroxylation is 1. The zero-order chi connectivity index (χ0) is 20.8. The van der Waals surface area contributed by atoms with Gasteiger partial charge < -0.3 is 9.42 Å². The van der Waals surface area contributed by atoms with Gasteiger partial charge in [-0.25, -0.2) is 4.39 Å². The third-order valence-corrected chi connectivity index (χ3v) is 4.84. The quantitative estimate of drug-likeness (QED) is 0.592. The smallest absolute Gasteiger partial charge is 0.334 e. The summed E-state index contributed by atoms with van der Waals surface area (Å²) in [5.41, 5.74) is 0.602. The molecule has 1 aliphatic heterocycles. The summed E-state index contributed by atoms with van der Waals surface area (Å²) in [5, 5.41) is 3.89. The molecular weight excluding hydrogens is 390 g/mol. The Morgan fingerprint density at radius 2 is 1.86 bits per heavy atom. The van der Waals surface area contributed by atoms with E-state index in [1.165, 1.54) is 29.2 Å². The van der Waals surface area contributed by atoms with E-state index < -0.39 is 11.7 Å². The molecule has 5 nitrogen and oxygen atoms in total. The zero-order valence-electron chi connectivity index (χ0n) is 15.2. The van der Waals surface area contributed by atoms with E-state index in [1.54, 1.807) is 13.0 Å². The lowest BCUT2D eigenvalue weighted by Gasteiger charge is -2.16. The number of aromatic nitrogens is 2. The predicted octanol–water partition coefficient (Wildman–Crippen LogP) is 4.72. The summed E-state index contributed by atoms with van der Waals surface area (Å²) in [6.07, 6.45) is -4.27. The summed E-state index contributed by atoms with van der Waals surface area (Å²) >= 11 is 0. The van der Waals surface area contributed by atoms with Gasteiger partial charge in [0.15, 0.2) is 5.82 Å². The molecule has 0 aliphatic carbocycles. The first kappa shape index (κ1) is 19.1. The van der Waals surface area contributed by atoms with Gasteiger partial charge in [0.1, 0.15) is 5.82 Å². The lowest BCUT2D eigenvalue weighted by Crippen LogP contribution is -2.24. The fourth-order valence-corrected chi connectivity index (χ4v) is 3.25. The van der Waals surface area contributed by atoms with E-state index in [9.17, 15) is 22.4 Å². The highest BCUT2D eigenvalue weighted by molar-refractivity contribution is 5.96. The van der Waals surface area contributed by atoms with Crippen LogP contribution in [0.15, 0.2) is 47.0 Å². The summed E-state index contributed by atoms with van der Waals surface area (Å²) in [7, 11) is 0. The number of benzene rings is 2. The minimum Gasteiger partial charge on any atom is -0.334 e. The van der Waals surface area contributed by atoms with E-state index in [0.29, 0.717) is 29.2 Å². The molecule has 4 rings (SSSR count). The number of halogens is 4. The topological polar surface area (TPSA) is 59.2 Å². The highest BCUT2D eigenvalue weighted by Gasteiger charge is 2.35. The number of carbonyl (C=O) groups is 1. The van der Waals surface area contributed by atoms with E-state index in [-0.39, 0.29) is 30.0 Å². The fourth-order valence-electron chi connectivity index (χ4n) is 3.25. The Bertz CT molecular complexity index is 1060. The van der Waals surface area contributed by atoms with Gasteiger partial charge in [-0.05, 0) is 55.0 Å². The number of alkyl halides is 3. The number of carbonyl (C=O) groups excluding carboxylic acids is 1. The van der Waals surface area contributed by atoms with Gasteiger partial charge in [0, 0.05) is 30.1 Å². The van der Waals surface area contributed by atoms with Crippen molar-refractivity contribution in [1.82, 2.24) is 10.1 Å². The van der Waals surface area contributed by atoms with Crippen molar-refractivity contribution in [3.63, 3.8) is 0 Å². The Labute approximate surface area is 162 Å². The molecule has 1 unspecified atom stereocenters. The van der Waals surface area contributed by atoms with Crippen LogP contribution in [-0.4, -0.2) is 22.6 Å². The number of nitrogens with zero attached hydrogens (tertiary/aromatic N) is 3. The van der Waals surface area contributed by atoms with Crippen molar-refractivity contribution in [2.24, 2.45) is 0 Å². The largest absolute Gasteiger partial charge is 0.416 e. The van der Waals surface area contributed by atoms with Gasteiger partial charge in [-0.15, -0.1) is 0 Å². The Morgan fingerprint density at radius 1 is 1.14 bits per heavy atom. The van der Waals surface area contributed by atoms with Gasteiger partial charge in [-0.2, -0.15) is 18.2 Å². The lowest BCUT2D eigenvalue weighted by atomic mass is 10.1. The maximum Gasteiger partial charge on any atom is 0.416 e. The Kier molecular flexibility index (Phi) is 4.60. The molecule has 150 valence electrons. The van der Waals surface area contributed by atoms with Crippen LogP contribution in [0.3, 0.4) is 0 Å². The second-order valence-corrected chi connectivity index (χ2v) is 6.87. The first-order chi connectivity index (χ1) is 13.7. The van der Waals surface area contributed by atoms with Crippen LogP contribution in [0.25, 0.3) is 11.5 Å². The zero-order valence-corrected chi connectivity index (χ0v) is 15.2. The van der Waals surface area contributed by atoms with Gasteiger partial charge in [0.05, 0.1) is 5.56 Å². The van der Waals surface area contributed by atoms with Gasteiger partial charge in [-0.3, -0.25) is 4.79 Å². The van der Waals surface area contributed by atoms with Crippen LogP contribution in [-0.2, 0) is 11.0 Å². The molecule has 1 aliphatic rings. The van der Waals surface area contributed by atoms with Crippen LogP contribution in [0.2, 0.25) is 0 Å². The molecule has 3 aromatic rings. The molecule has 9 heteroatoms. The van der Waals surface area contributed by atoms with Gasteiger partial charge >= 0.3 is 6.18 Å². The molecule has 0 saturated carbocycles. The Hall–Kier alpha value is -3.23. The maximum absolute atomic E-state index is 13.5. The van der Waals surface area contributed by atoms with E-state index in [4.69, 9.17) is 4.52 Å². The normalized spacial score (nSPS) is 17.2. The fraction of sp³-hybridized carbons (Fsp3) is 0.250. The van der Waals surface area contributed by atoms with Crippen molar-refractivity contribution >= 4 is 11.6 Å². The molecule has 2 heterocycles. The molecule has 1 atom stereocenters. The van der Waals surface area contributed by atoms with E-state index in [2.05, 4.69) is 10.1 Å². The maximum atomic E-state index is 13.5. The highest BCUT2D eigenvalue weighted by atomic mass is 19.4. The number of anilines is 1. The summed E-state index contributed by atoms with van der Waals surface area (Å²) in [5.74, 6) is -0.454. The number of amides is 1. The average molecular weight is 405 g/mol. The van der Waals surface area contributed by atoms with Gasteiger partial charge in [0.25, 0.3) is 5.89 Å². The molecule has 29 heavy (non-hydrogen) atoms. The molecule has 1 amide bonds. The van der Waals surface area contributed by atoms with Crippen LogP contribution < -0.4 is 4.90 Å². The van der Waals surface area contributed by atoms with Gasteiger partial charge in [-0.1, -0.05) is 5.16 Å². The van der Waals surface area contributed by atoms with Crippen LogP contribution in [0, 0.1) is 12.7 Å². The van der Waals surface area contributed by atoms with Crippen LogP contribution in [0.4, 0.5) is 23.2 Å². The van der Waals surface area contributed by atoms with Gasteiger partial charge in [0.2, 0.25) is 5.91 Å². The van der Waals surface area contributed by atoms with Crippen molar-refractivity contribution in [3.8, 4) is 11.5 Å². The van der Waals surface area contributed by atoms with E-state index in [1.807, 2.05) is 0 Å². The van der Waals surface area contributed by atoms with E-state index in [0.717, 1.165) is 12.1 Å². The SMILES string of the molecule is Cc1cc(N2CC(c3noc(-c4ccc(C(F)(F)F)cc4)n3)CC2=O)ccc1F. The van der Waals surface area contributed by atoms with E-state index >= 15 is 0 Å². The third-order valence-electron chi connectivity index (χ3n) is 4.84. The van der Waals surface area contributed by atoms with Crippen molar-refractivity contribution < 1.29 is 26.9 Å². The van der Waals surface area contributed by atoms with Crippen molar-refractivity contribution in [3.05, 3.63) is 65.2 Å². The molecule has 1 fully saturated rings. The monoisotopic (exact) mass is 405 g/mol. The highest BCUT2D eigenvalue weighted by Crippen LogP contribution is 2.33. The summed E-state index contributed by atoms with van der Waals surface area (Å²) < 4.78 is 56.7. The lowest BCUT2D eigenvalue weighted by molar-refractivity contribution is -0.137. The van der Waals surface area contributed by atoms with Crippen LogP contribution in [0.5, 0.6) is 0 Å². The first-order valence-electron chi connectivity index (χ1n) is 8.80. The Balaban J connectivity index is 1.52. The second kappa shape index (κ2) is 6.98. The Morgan fingerprint density at radius 3 is 2.52 bits per heavy atom. The molecule has 0 N–H and O–H groups in total. The third kappa shape index (κ3) is 3.72. The minimum absolute atomic E-state index is 0.0808. The second-order valence-electron chi connectivity index (χ2n) is 6.87. The average Bonchev–Trinajstić information content (AvgIpc) is 3.30. The molecule has 2 aromatic carbocycles.